The van der Waals surface area contributed by atoms with Crippen molar-refractivity contribution in [2.24, 2.45) is 5.73 Å². The highest BCUT2D eigenvalue weighted by molar-refractivity contribution is 5.51. The van der Waals surface area contributed by atoms with Crippen LogP contribution >= 0.6 is 0 Å². The summed E-state index contributed by atoms with van der Waals surface area (Å²) >= 11 is 0. The first kappa shape index (κ1) is 14.9. The normalized spacial score (nSPS) is 12.0. The van der Waals surface area contributed by atoms with Crippen LogP contribution in [0.4, 0.5) is 10.1 Å². The lowest BCUT2D eigenvalue weighted by atomic mass is 10.1. The molecule has 2 aromatic rings. The number of ether oxygens (including phenoxy) is 1. The minimum absolute atomic E-state index is 0.0538. The molecule has 0 aromatic heterocycles. The van der Waals surface area contributed by atoms with Gasteiger partial charge in [-0.15, -0.1) is 0 Å². The first-order valence-corrected chi connectivity index (χ1v) is 6.37. The Kier molecular flexibility index (Phi) is 4.18. The van der Waals surface area contributed by atoms with Crippen molar-refractivity contribution in [1.82, 2.24) is 0 Å². The zero-order valence-electron chi connectivity index (χ0n) is 11.7. The van der Waals surface area contributed by atoms with Gasteiger partial charge in [0, 0.05) is 17.7 Å². The molecule has 110 valence electrons. The fourth-order valence-corrected chi connectivity index (χ4v) is 2.02. The lowest BCUT2D eigenvalue weighted by molar-refractivity contribution is -0.385. The predicted octanol–water partition coefficient (Wildman–Crippen LogP) is 3.85. The van der Waals surface area contributed by atoms with Gasteiger partial charge in [-0.25, -0.2) is 4.39 Å². The van der Waals surface area contributed by atoms with Crippen molar-refractivity contribution in [1.29, 1.82) is 0 Å². The molecule has 5 nitrogen and oxygen atoms in total. The summed E-state index contributed by atoms with van der Waals surface area (Å²) < 4.78 is 19.4. The first-order valence-electron chi connectivity index (χ1n) is 6.37. The van der Waals surface area contributed by atoms with Crippen LogP contribution in [0.2, 0.25) is 0 Å². The van der Waals surface area contributed by atoms with E-state index in [-0.39, 0.29) is 22.7 Å². The number of rotatable bonds is 4. The average Bonchev–Trinajstić information content (AvgIpc) is 2.40. The number of nitro benzene ring substituents is 1. The Balaban J connectivity index is 2.49. The molecule has 0 aliphatic rings. The maximum absolute atomic E-state index is 13.8. The number of hydrogen-bond acceptors (Lipinski definition) is 4. The fraction of sp³-hybridized carbons (Fsp3) is 0.200. The summed E-state index contributed by atoms with van der Waals surface area (Å²) in [7, 11) is 0. The molecule has 0 aliphatic carbocycles. The van der Waals surface area contributed by atoms with Gasteiger partial charge in [-0.05, 0) is 37.6 Å². The summed E-state index contributed by atoms with van der Waals surface area (Å²) in [4.78, 5) is 10.5. The summed E-state index contributed by atoms with van der Waals surface area (Å²) in [5.41, 5.74) is 6.49. The minimum atomic E-state index is -0.592. The quantitative estimate of drug-likeness (QED) is 0.685. The molecule has 0 saturated carbocycles. The molecule has 6 heteroatoms. The Labute approximate surface area is 121 Å². The van der Waals surface area contributed by atoms with Crippen LogP contribution < -0.4 is 10.5 Å². The van der Waals surface area contributed by atoms with E-state index in [0.29, 0.717) is 0 Å². The molecule has 0 spiro atoms. The molecule has 0 aliphatic heterocycles. The van der Waals surface area contributed by atoms with Gasteiger partial charge in [-0.2, -0.15) is 0 Å². The Morgan fingerprint density at radius 1 is 1.29 bits per heavy atom. The number of aryl methyl sites for hydroxylation is 1. The van der Waals surface area contributed by atoms with E-state index < -0.39 is 16.8 Å². The third-order valence-electron chi connectivity index (χ3n) is 3.00. The van der Waals surface area contributed by atoms with E-state index >= 15 is 0 Å². The smallest absolute Gasteiger partial charge is 0.311 e. The third kappa shape index (κ3) is 3.17. The highest BCUT2D eigenvalue weighted by Gasteiger charge is 2.19. The molecule has 0 unspecified atom stereocenters. The predicted molar refractivity (Wildman–Crippen MR) is 76.9 cm³/mol. The molecule has 1 atom stereocenters. The summed E-state index contributed by atoms with van der Waals surface area (Å²) in [6.07, 6.45) is 0. The van der Waals surface area contributed by atoms with Crippen LogP contribution in [-0.4, -0.2) is 4.92 Å². The zero-order chi connectivity index (χ0) is 15.6. The molecule has 0 heterocycles. The van der Waals surface area contributed by atoms with Gasteiger partial charge in [-0.3, -0.25) is 10.1 Å². The molecule has 0 saturated heterocycles. The van der Waals surface area contributed by atoms with E-state index in [4.69, 9.17) is 10.5 Å². The fourth-order valence-electron chi connectivity index (χ4n) is 2.02. The van der Waals surface area contributed by atoms with E-state index in [1.807, 2.05) is 0 Å². The van der Waals surface area contributed by atoms with Gasteiger partial charge in [0.1, 0.15) is 11.6 Å². The SMILES string of the molecule is Cc1ccc(Oc2cccc(F)c2[C@H](C)N)c([N+](=O)[O-])c1. The van der Waals surface area contributed by atoms with Crippen molar-refractivity contribution in [2.45, 2.75) is 19.9 Å². The van der Waals surface area contributed by atoms with E-state index in [9.17, 15) is 14.5 Å². The minimum Gasteiger partial charge on any atom is -0.450 e. The number of halogens is 1. The molecule has 2 N–H and O–H groups in total. The second-order valence-corrected chi connectivity index (χ2v) is 4.77. The molecule has 2 aromatic carbocycles. The van der Waals surface area contributed by atoms with Crippen molar-refractivity contribution in [3.8, 4) is 11.5 Å². The second-order valence-electron chi connectivity index (χ2n) is 4.77. The summed E-state index contributed by atoms with van der Waals surface area (Å²) in [5, 5.41) is 11.1. The van der Waals surface area contributed by atoms with Gasteiger partial charge in [0.15, 0.2) is 0 Å². The lowest BCUT2D eigenvalue weighted by Gasteiger charge is -2.14. The van der Waals surface area contributed by atoms with Crippen molar-refractivity contribution >= 4 is 5.69 Å². The van der Waals surface area contributed by atoms with Gasteiger partial charge >= 0.3 is 5.69 Å². The van der Waals surface area contributed by atoms with E-state index in [2.05, 4.69) is 0 Å². The Morgan fingerprint density at radius 2 is 2.00 bits per heavy atom. The number of nitro groups is 1. The monoisotopic (exact) mass is 290 g/mol. The van der Waals surface area contributed by atoms with Crippen LogP contribution in [-0.2, 0) is 0 Å². The topological polar surface area (TPSA) is 78.4 Å². The van der Waals surface area contributed by atoms with Crippen LogP contribution in [0.15, 0.2) is 36.4 Å². The zero-order valence-corrected chi connectivity index (χ0v) is 11.7. The summed E-state index contributed by atoms with van der Waals surface area (Å²) in [6.45, 7) is 3.36. The molecular formula is C15H15FN2O3. The maximum Gasteiger partial charge on any atom is 0.311 e. The lowest BCUT2D eigenvalue weighted by Crippen LogP contribution is -2.09. The number of benzene rings is 2. The highest BCUT2D eigenvalue weighted by atomic mass is 19.1. The van der Waals surface area contributed by atoms with Crippen LogP contribution in [0.1, 0.15) is 24.1 Å². The number of hydrogen-bond donors (Lipinski definition) is 1. The van der Waals surface area contributed by atoms with E-state index in [1.54, 1.807) is 19.9 Å². The Bertz CT molecular complexity index is 687. The van der Waals surface area contributed by atoms with Gasteiger partial charge in [-0.1, -0.05) is 12.1 Å². The molecule has 21 heavy (non-hydrogen) atoms. The molecule has 2 rings (SSSR count). The van der Waals surface area contributed by atoms with Gasteiger partial charge < -0.3 is 10.5 Å². The van der Waals surface area contributed by atoms with E-state index in [0.717, 1.165) is 5.56 Å². The van der Waals surface area contributed by atoms with Crippen LogP contribution in [0.5, 0.6) is 11.5 Å². The maximum atomic E-state index is 13.8. The molecule has 0 fully saturated rings. The molecule has 0 amide bonds. The number of nitrogens with two attached hydrogens (primary N) is 1. The van der Waals surface area contributed by atoms with Gasteiger partial charge in [0.25, 0.3) is 0 Å². The molecular weight excluding hydrogens is 275 g/mol. The summed E-state index contributed by atoms with van der Waals surface area (Å²) in [5.74, 6) is -0.271. The number of nitrogens with zero attached hydrogens (tertiary/aromatic N) is 1. The van der Waals surface area contributed by atoms with Crippen LogP contribution in [0.25, 0.3) is 0 Å². The van der Waals surface area contributed by atoms with Crippen LogP contribution in [0, 0.1) is 22.9 Å². The third-order valence-corrected chi connectivity index (χ3v) is 3.00. The standard InChI is InChI=1S/C15H15FN2O3/c1-9-6-7-13(12(8-9)18(19)20)21-14-5-3-4-11(16)15(14)10(2)17/h3-8,10H,17H2,1-2H3/t10-/m0/s1. The first-order chi connectivity index (χ1) is 9.90. The average molecular weight is 290 g/mol. The summed E-state index contributed by atoms with van der Waals surface area (Å²) in [6, 6.07) is 8.26. The molecule has 0 radical (unpaired) electrons. The Hall–Kier alpha value is -2.47. The Morgan fingerprint density at radius 3 is 2.62 bits per heavy atom. The van der Waals surface area contributed by atoms with Gasteiger partial charge in [0.05, 0.1) is 4.92 Å². The molecule has 0 bridgehead atoms. The van der Waals surface area contributed by atoms with Crippen molar-refractivity contribution < 1.29 is 14.1 Å². The van der Waals surface area contributed by atoms with Crippen molar-refractivity contribution in [2.75, 3.05) is 0 Å². The van der Waals surface area contributed by atoms with Gasteiger partial charge in [0.2, 0.25) is 5.75 Å². The highest BCUT2D eigenvalue weighted by Crippen LogP contribution is 2.35. The van der Waals surface area contributed by atoms with Crippen molar-refractivity contribution in [3.05, 3.63) is 63.5 Å². The second kappa shape index (κ2) is 5.88. The largest absolute Gasteiger partial charge is 0.450 e. The van der Waals surface area contributed by atoms with Crippen molar-refractivity contribution in [3.63, 3.8) is 0 Å². The van der Waals surface area contributed by atoms with Crippen LogP contribution in [0.3, 0.4) is 0 Å². The van der Waals surface area contributed by atoms with E-state index in [1.165, 1.54) is 30.3 Å².